The minimum Gasteiger partial charge on any atom is -0.398 e. The van der Waals surface area contributed by atoms with Gasteiger partial charge in [0, 0.05) is 12.1 Å². The Morgan fingerprint density at radius 2 is 1.85 bits per heavy atom. The van der Waals surface area contributed by atoms with Crippen molar-refractivity contribution in [1.82, 2.24) is 5.01 Å². The zero-order chi connectivity index (χ0) is 14.9. The molecule has 2 atom stereocenters. The molecule has 0 saturated carbocycles. The van der Waals surface area contributed by atoms with E-state index >= 15 is 0 Å². The summed E-state index contributed by atoms with van der Waals surface area (Å²) in [7, 11) is -3.77. The van der Waals surface area contributed by atoms with E-state index in [-0.39, 0.29) is 10.6 Å². The fourth-order valence-electron chi connectivity index (χ4n) is 2.67. The van der Waals surface area contributed by atoms with Crippen LogP contribution >= 0.6 is 0 Å². The van der Waals surface area contributed by atoms with E-state index in [4.69, 9.17) is 10.9 Å². The highest BCUT2D eigenvalue weighted by Crippen LogP contribution is 2.26. The molecular weight excluding hydrogens is 276 g/mol. The molecule has 1 aromatic rings. The van der Waals surface area contributed by atoms with Crippen molar-refractivity contribution < 1.29 is 8.42 Å². The van der Waals surface area contributed by atoms with Crippen molar-refractivity contribution >= 4 is 21.4 Å². The average Bonchev–Trinajstić information content (AvgIpc) is 2.32. The van der Waals surface area contributed by atoms with Crippen LogP contribution in [0.1, 0.15) is 33.1 Å². The van der Waals surface area contributed by atoms with Crippen molar-refractivity contribution in [2.75, 3.05) is 11.2 Å². The summed E-state index contributed by atoms with van der Waals surface area (Å²) in [5.41, 5.74) is 10.0. The topological polar surface area (TPSA) is 101 Å². The molecule has 2 rings (SSSR count). The van der Waals surface area contributed by atoms with Gasteiger partial charge < -0.3 is 11.2 Å². The summed E-state index contributed by atoms with van der Waals surface area (Å²) in [5, 5.41) is 7.29. The van der Waals surface area contributed by atoms with Gasteiger partial charge in [-0.15, -0.1) is 0 Å². The van der Waals surface area contributed by atoms with Crippen LogP contribution in [-0.2, 0) is 10.0 Å². The molecule has 1 saturated heterocycles. The molecule has 0 aliphatic carbocycles. The second kappa shape index (κ2) is 5.59. The highest BCUT2D eigenvalue weighted by Gasteiger charge is 2.24. The van der Waals surface area contributed by atoms with E-state index < -0.39 is 10.0 Å². The number of hydrazine groups is 1. The maximum Gasteiger partial charge on any atom is 0.240 e. The molecule has 1 aromatic carbocycles. The first-order chi connectivity index (χ1) is 9.29. The van der Waals surface area contributed by atoms with Crippen LogP contribution < -0.4 is 16.3 Å². The third-order valence-electron chi connectivity index (χ3n) is 3.77. The number of piperidine rings is 1. The van der Waals surface area contributed by atoms with Gasteiger partial charge in [-0.2, -0.15) is 0 Å². The van der Waals surface area contributed by atoms with Crippen molar-refractivity contribution in [1.29, 1.82) is 0 Å². The summed E-state index contributed by atoms with van der Waals surface area (Å²) in [5.74, 6) is 0. The number of rotatable bonds is 3. The van der Waals surface area contributed by atoms with Gasteiger partial charge in [-0.25, -0.2) is 18.6 Å². The van der Waals surface area contributed by atoms with Crippen molar-refractivity contribution in [3.8, 4) is 0 Å². The number of anilines is 2. The molecule has 1 fully saturated rings. The molecule has 0 spiro atoms. The number of hydrogen-bond donors (Lipinski definition) is 3. The first kappa shape index (κ1) is 15.1. The van der Waals surface area contributed by atoms with Crippen LogP contribution in [0.3, 0.4) is 0 Å². The van der Waals surface area contributed by atoms with Crippen LogP contribution in [0.2, 0.25) is 0 Å². The zero-order valence-corrected chi connectivity index (χ0v) is 12.7. The highest BCUT2D eigenvalue weighted by atomic mass is 32.2. The lowest BCUT2D eigenvalue weighted by atomic mass is 10.00. The maximum atomic E-state index is 11.3. The third-order valence-corrected chi connectivity index (χ3v) is 4.75. The lowest BCUT2D eigenvalue weighted by Crippen LogP contribution is -2.47. The molecule has 20 heavy (non-hydrogen) atoms. The smallest absolute Gasteiger partial charge is 0.240 e. The summed E-state index contributed by atoms with van der Waals surface area (Å²) >= 11 is 0. The number of nitrogen functional groups attached to an aromatic ring is 1. The summed E-state index contributed by atoms with van der Waals surface area (Å²) in [6.07, 6.45) is 3.51. The molecule has 6 nitrogen and oxygen atoms in total. The zero-order valence-electron chi connectivity index (χ0n) is 11.8. The molecule has 5 N–H and O–H groups in total. The lowest BCUT2D eigenvalue weighted by Gasteiger charge is -2.39. The molecule has 112 valence electrons. The molecule has 2 unspecified atom stereocenters. The maximum absolute atomic E-state index is 11.3. The van der Waals surface area contributed by atoms with E-state index in [2.05, 4.69) is 24.3 Å². The number of sulfonamides is 1. The van der Waals surface area contributed by atoms with E-state index in [9.17, 15) is 8.42 Å². The van der Waals surface area contributed by atoms with Crippen molar-refractivity contribution in [3.05, 3.63) is 18.2 Å². The highest BCUT2D eigenvalue weighted by molar-refractivity contribution is 7.89. The molecule has 0 radical (unpaired) electrons. The Balaban J connectivity index is 2.20. The molecule has 0 bridgehead atoms. The number of primary sulfonamides is 1. The Labute approximate surface area is 120 Å². The monoisotopic (exact) mass is 298 g/mol. The second-order valence-corrected chi connectivity index (χ2v) is 6.98. The summed E-state index contributed by atoms with van der Waals surface area (Å²) in [6.45, 7) is 4.34. The Morgan fingerprint density at radius 1 is 1.25 bits per heavy atom. The quantitative estimate of drug-likeness (QED) is 0.734. The molecule has 1 heterocycles. The standard InChI is InChI=1S/C13H22N4O2S/c1-9-4-3-5-10(2)17(9)16-11-6-7-13(12(14)8-11)20(15,18)19/h6-10,16H,3-5,14H2,1-2H3,(H2,15,18,19). The fraction of sp³-hybridized carbons (Fsp3) is 0.538. The molecule has 1 aliphatic heterocycles. The number of hydrogen-bond acceptors (Lipinski definition) is 5. The molecule has 0 aromatic heterocycles. The third kappa shape index (κ3) is 3.23. The fourth-order valence-corrected chi connectivity index (χ4v) is 3.31. The first-order valence-corrected chi connectivity index (χ1v) is 8.31. The SMILES string of the molecule is CC1CCCC(C)N1Nc1ccc(S(N)(=O)=O)c(N)c1. The predicted molar refractivity (Wildman–Crippen MR) is 80.5 cm³/mol. The molecular formula is C13H22N4O2S. The van der Waals surface area contributed by atoms with Crippen molar-refractivity contribution in [3.63, 3.8) is 0 Å². The lowest BCUT2D eigenvalue weighted by molar-refractivity contribution is 0.136. The second-order valence-electron chi connectivity index (χ2n) is 5.45. The van der Waals surface area contributed by atoms with Crippen LogP contribution in [0.15, 0.2) is 23.1 Å². The molecule has 0 amide bonds. The molecule has 7 heteroatoms. The van der Waals surface area contributed by atoms with Crippen LogP contribution in [-0.4, -0.2) is 25.5 Å². The Morgan fingerprint density at radius 3 is 2.35 bits per heavy atom. The van der Waals surface area contributed by atoms with Crippen LogP contribution in [0.4, 0.5) is 11.4 Å². The summed E-state index contributed by atoms with van der Waals surface area (Å²) in [6, 6.07) is 5.58. The van der Waals surface area contributed by atoms with Gasteiger partial charge in [0.15, 0.2) is 0 Å². The van der Waals surface area contributed by atoms with Crippen molar-refractivity contribution in [2.45, 2.75) is 50.1 Å². The summed E-state index contributed by atoms with van der Waals surface area (Å²) < 4.78 is 22.7. The van der Waals surface area contributed by atoms with E-state index in [0.717, 1.165) is 18.5 Å². The predicted octanol–water partition coefficient (Wildman–Crippen LogP) is 1.51. The van der Waals surface area contributed by atoms with Gasteiger partial charge in [0.1, 0.15) is 4.90 Å². The van der Waals surface area contributed by atoms with Crippen LogP contribution in [0.25, 0.3) is 0 Å². The largest absolute Gasteiger partial charge is 0.398 e. The van der Waals surface area contributed by atoms with Gasteiger partial charge in [-0.1, -0.05) is 6.42 Å². The average molecular weight is 298 g/mol. The Hall–Kier alpha value is -1.31. The van der Waals surface area contributed by atoms with E-state index in [1.807, 2.05) is 0 Å². The van der Waals surface area contributed by atoms with E-state index in [1.165, 1.54) is 12.5 Å². The molecule has 1 aliphatic rings. The normalized spacial score (nSPS) is 24.6. The first-order valence-electron chi connectivity index (χ1n) is 6.76. The van der Waals surface area contributed by atoms with Gasteiger partial charge in [0.25, 0.3) is 0 Å². The summed E-state index contributed by atoms with van der Waals surface area (Å²) in [4.78, 5) is -0.0391. The van der Waals surface area contributed by atoms with Gasteiger partial charge in [-0.3, -0.25) is 0 Å². The number of benzene rings is 1. The van der Waals surface area contributed by atoms with Crippen LogP contribution in [0, 0.1) is 0 Å². The number of nitrogens with zero attached hydrogens (tertiary/aromatic N) is 1. The Bertz CT molecular complexity index is 578. The van der Waals surface area contributed by atoms with Gasteiger partial charge >= 0.3 is 0 Å². The number of nitrogens with one attached hydrogen (secondary N) is 1. The minimum absolute atomic E-state index is 0.0391. The van der Waals surface area contributed by atoms with E-state index in [1.54, 1.807) is 12.1 Å². The minimum atomic E-state index is -3.77. The van der Waals surface area contributed by atoms with Gasteiger partial charge in [0.2, 0.25) is 10.0 Å². The van der Waals surface area contributed by atoms with Gasteiger partial charge in [-0.05, 0) is 44.9 Å². The van der Waals surface area contributed by atoms with E-state index in [0.29, 0.717) is 12.1 Å². The number of nitrogens with two attached hydrogens (primary N) is 2. The van der Waals surface area contributed by atoms with Crippen molar-refractivity contribution in [2.24, 2.45) is 5.14 Å². The Kier molecular flexibility index (Phi) is 4.22. The van der Waals surface area contributed by atoms with Gasteiger partial charge in [0.05, 0.1) is 11.4 Å². The van der Waals surface area contributed by atoms with Crippen LogP contribution in [0.5, 0.6) is 0 Å².